The van der Waals surface area contributed by atoms with E-state index in [0.717, 1.165) is 27.8 Å². The third-order valence-corrected chi connectivity index (χ3v) is 8.37. The van der Waals surface area contributed by atoms with Gasteiger partial charge in [-0.2, -0.15) is 0 Å². The Bertz CT molecular complexity index is 1390. The van der Waals surface area contributed by atoms with Gasteiger partial charge in [-0.25, -0.2) is 9.59 Å². The molecule has 1 saturated heterocycles. The number of piperidine rings is 1. The number of ether oxygens (including phenoxy) is 2. The first-order valence-corrected chi connectivity index (χ1v) is 14.2. The molecular weight excluding hydrogens is 534 g/mol. The number of carboxylic acid groups (broad SMARTS) is 1. The predicted octanol–water partition coefficient (Wildman–Crippen LogP) is 4.17. The van der Waals surface area contributed by atoms with Gasteiger partial charge in [0.05, 0.1) is 6.61 Å². The van der Waals surface area contributed by atoms with Crippen LogP contribution in [-0.2, 0) is 25.6 Å². The molecule has 3 aromatic rings. The number of amides is 2. The number of alkyl carbamates (subject to hydrolysis) is 1. The Kier molecular flexibility index (Phi) is 8.61. The zero-order valence-corrected chi connectivity index (χ0v) is 24.0. The van der Waals surface area contributed by atoms with Gasteiger partial charge in [-0.05, 0) is 47.6 Å². The van der Waals surface area contributed by atoms with Gasteiger partial charge in [0, 0.05) is 32.7 Å². The van der Waals surface area contributed by atoms with Crippen molar-refractivity contribution in [3.63, 3.8) is 0 Å². The third-order valence-electron chi connectivity index (χ3n) is 8.37. The zero-order chi connectivity index (χ0) is 29.7. The van der Waals surface area contributed by atoms with E-state index in [1.54, 1.807) is 0 Å². The number of methoxy groups -OCH3 is 1. The van der Waals surface area contributed by atoms with Crippen molar-refractivity contribution in [3.8, 4) is 11.1 Å². The van der Waals surface area contributed by atoms with Crippen LogP contribution < -0.4 is 10.6 Å². The average Bonchev–Trinajstić information content (AvgIpc) is 3.31. The molecule has 9 heteroatoms. The molecule has 5 rings (SSSR count). The molecule has 3 N–H and O–H groups in total. The van der Waals surface area contributed by atoms with Crippen LogP contribution >= 0.6 is 0 Å². The Balaban J connectivity index is 1.31. The smallest absolute Gasteiger partial charge is 0.408 e. The summed E-state index contributed by atoms with van der Waals surface area (Å²) in [6.45, 7) is 3.03. The molecule has 9 nitrogen and oxygen atoms in total. The number of fused-ring (bicyclic) bond motifs is 3. The van der Waals surface area contributed by atoms with Crippen LogP contribution in [0.15, 0.2) is 78.9 Å². The molecular formula is C33H37N3O6. The average molecular weight is 572 g/mol. The van der Waals surface area contributed by atoms with Gasteiger partial charge < -0.3 is 25.2 Å². The molecule has 0 spiro atoms. The second kappa shape index (κ2) is 12.3. The summed E-state index contributed by atoms with van der Waals surface area (Å²) in [5.41, 5.74) is 2.56. The van der Waals surface area contributed by atoms with E-state index in [4.69, 9.17) is 9.47 Å². The number of carbonyl (C=O) groups is 3. The summed E-state index contributed by atoms with van der Waals surface area (Å²) in [6, 6.07) is 26.2. The Labute approximate surface area is 245 Å². The molecule has 220 valence electrons. The van der Waals surface area contributed by atoms with Crippen molar-refractivity contribution in [2.75, 3.05) is 33.4 Å². The first-order valence-electron chi connectivity index (χ1n) is 14.2. The summed E-state index contributed by atoms with van der Waals surface area (Å²) in [7, 11) is 1.38. The number of carboxylic acids is 1. The Morgan fingerprint density at radius 1 is 0.929 bits per heavy atom. The Morgan fingerprint density at radius 2 is 1.50 bits per heavy atom. The lowest BCUT2D eigenvalue weighted by Gasteiger charge is -2.42. The predicted molar refractivity (Wildman–Crippen MR) is 158 cm³/mol. The second-order valence-electron chi connectivity index (χ2n) is 11.3. The Hall–Kier alpha value is -4.21. The van der Waals surface area contributed by atoms with E-state index in [1.807, 2.05) is 66.7 Å². The summed E-state index contributed by atoms with van der Waals surface area (Å²) in [5.74, 6) is -1.93. The molecule has 1 unspecified atom stereocenters. The highest BCUT2D eigenvalue weighted by molar-refractivity contribution is 5.94. The first-order chi connectivity index (χ1) is 20.2. The number of hydrogen-bond acceptors (Lipinski definition) is 6. The van der Waals surface area contributed by atoms with E-state index in [2.05, 4.69) is 27.7 Å². The van der Waals surface area contributed by atoms with Crippen LogP contribution in [0, 0.1) is 0 Å². The molecule has 3 aromatic carbocycles. The topological polar surface area (TPSA) is 117 Å². The van der Waals surface area contributed by atoms with Crippen LogP contribution in [0.5, 0.6) is 0 Å². The van der Waals surface area contributed by atoms with Crippen LogP contribution in [0.25, 0.3) is 11.1 Å². The number of nitrogens with one attached hydrogen (secondary N) is 2. The van der Waals surface area contributed by atoms with E-state index in [0.29, 0.717) is 32.5 Å². The van der Waals surface area contributed by atoms with Crippen LogP contribution in [0.3, 0.4) is 0 Å². The summed E-state index contributed by atoms with van der Waals surface area (Å²) in [6.07, 6.45) is -0.135. The quantitative estimate of drug-likeness (QED) is 0.335. The van der Waals surface area contributed by atoms with E-state index in [-0.39, 0.29) is 19.1 Å². The lowest BCUT2D eigenvalue weighted by molar-refractivity contribution is -0.150. The Morgan fingerprint density at radius 3 is 2.07 bits per heavy atom. The van der Waals surface area contributed by atoms with Crippen molar-refractivity contribution in [2.24, 2.45) is 0 Å². The van der Waals surface area contributed by atoms with Crippen LogP contribution in [-0.4, -0.2) is 72.5 Å². The molecule has 1 aliphatic carbocycles. The van der Waals surface area contributed by atoms with Gasteiger partial charge >= 0.3 is 12.1 Å². The monoisotopic (exact) mass is 571 g/mol. The maximum absolute atomic E-state index is 13.8. The number of rotatable bonds is 10. The molecule has 42 heavy (non-hydrogen) atoms. The summed E-state index contributed by atoms with van der Waals surface area (Å²) in [4.78, 5) is 41.4. The first kappa shape index (κ1) is 29.3. The number of aliphatic carboxylic acids is 1. The van der Waals surface area contributed by atoms with Crippen molar-refractivity contribution < 1.29 is 29.0 Å². The number of carbonyl (C=O) groups excluding carboxylic acids is 2. The fraction of sp³-hybridized carbons (Fsp3) is 0.364. The van der Waals surface area contributed by atoms with Gasteiger partial charge in [0.2, 0.25) is 5.91 Å². The summed E-state index contributed by atoms with van der Waals surface area (Å²) >= 11 is 0. The van der Waals surface area contributed by atoms with Crippen LogP contribution in [0.1, 0.15) is 42.4 Å². The highest BCUT2D eigenvalue weighted by Crippen LogP contribution is 2.44. The second-order valence-corrected chi connectivity index (χ2v) is 11.3. The number of likely N-dealkylation sites (tertiary alicyclic amines) is 1. The van der Waals surface area contributed by atoms with Crippen molar-refractivity contribution in [1.29, 1.82) is 0 Å². The largest absolute Gasteiger partial charge is 0.479 e. The van der Waals surface area contributed by atoms with E-state index >= 15 is 0 Å². The van der Waals surface area contributed by atoms with Crippen molar-refractivity contribution in [2.45, 2.75) is 43.3 Å². The molecule has 2 amide bonds. The lowest BCUT2D eigenvalue weighted by Crippen LogP contribution is -2.68. The van der Waals surface area contributed by atoms with E-state index in [9.17, 15) is 19.5 Å². The highest BCUT2D eigenvalue weighted by Gasteiger charge is 2.47. The minimum Gasteiger partial charge on any atom is -0.479 e. The van der Waals surface area contributed by atoms with Crippen molar-refractivity contribution >= 4 is 18.0 Å². The molecule has 0 bridgehead atoms. The van der Waals surface area contributed by atoms with Gasteiger partial charge in [0.1, 0.15) is 12.1 Å². The van der Waals surface area contributed by atoms with Crippen molar-refractivity contribution in [3.05, 3.63) is 95.6 Å². The maximum atomic E-state index is 13.8. The standard InChI is InChI=1S/C33H37N3O6/c1-32(22-41-2,30(38)39)34-29(37)33(16-18-36(19-17-33)20-23-10-4-3-5-11-23)35-31(40)42-21-28-26-14-8-6-12-24(26)25-13-7-9-15-27(25)28/h3-15,28H,16-22H2,1-2H3,(H,34,37)(H,35,40)(H,38,39). The number of hydrogen-bond donors (Lipinski definition) is 3. The van der Waals surface area contributed by atoms with Gasteiger partial charge in [-0.15, -0.1) is 0 Å². The molecule has 2 aliphatic rings. The highest BCUT2D eigenvalue weighted by atomic mass is 16.5. The third kappa shape index (κ3) is 6.03. The van der Waals surface area contributed by atoms with E-state index in [1.165, 1.54) is 14.0 Å². The minimum atomic E-state index is -1.66. The van der Waals surface area contributed by atoms with Gasteiger partial charge in [-0.3, -0.25) is 9.69 Å². The molecule has 0 radical (unpaired) electrons. The normalized spacial score (nSPS) is 17.4. The SMILES string of the molecule is COCC(C)(NC(=O)C1(NC(=O)OCC2c3ccccc3-c3ccccc32)CCN(Cc2ccccc2)CC1)C(=O)O. The van der Waals surface area contributed by atoms with Gasteiger partial charge in [-0.1, -0.05) is 78.9 Å². The molecule has 1 atom stereocenters. The fourth-order valence-electron chi connectivity index (χ4n) is 5.98. The zero-order valence-electron chi connectivity index (χ0n) is 24.0. The maximum Gasteiger partial charge on any atom is 0.408 e. The molecule has 1 heterocycles. The van der Waals surface area contributed by atoms with Gasteiger partial charge in [0.15, 0.2) is 5.54 Å². The van der Waals surface area contributed by atoms with Crippen LogP contribution in [0.2, 0.25) is 0 Å². The fourth-order valence-corrected chi connectivity index (χ4v) is 5.98. The summed E-state index contributed by atoms with van der Waals surface area (Å²) < 4.78 is 10.9. The molecule has 0 aromatic heterocycles. The summed E-state index contributed by atoms with van der Waals surface area (Å²) in [5, 5.41) is 15.3. The minimum absolute atomic E-state index is 0.105. The number of benzene rings is 3. The number of nitrogens with zero attached hydrogens (tertiary/aromatic N) is 1. The molecule has 1 aliphatic heterocycles. The van der Waals surface area contributed by atoms with Gasteiger partial charge in [0.25, 0.3) is 0 Å². The van der Waals surface area contributed by atoms with Crippen LogP contribution in [0.4, 0.5) is 4.79 Å². The molecule has 0 saturated carbocycles. The van der Waals surface area contributed by atoms with E-state index < -0.39 is 29.0 Å². The molecule has 1 fully saturated rings. The van der Waals surface area contributed by atoms with Crippen molar-refractivity contribution in [1.82, 2.24) is 15.5 Å². The lowest BCUT2D eigenvalue weighted by atomic mass is 9.85.